The number of hydrogen-bond acceptors (Lipinski definition) is 5. The summed E-state index contributed by atoms with van der Waals surface area (Å²) >= 11 is 0. The Morgan fingerprint density at radius 3 is 2.43 bits per heavy atom. The first-order valence-electron chi connectivity index (χ1n) is 9.54. The van der Waals surface area contributed by atoms with Crippen LogP contribution in [0.1, 0.15) is 25.2 Å². The van der Waals surface area contributed by atoms with Crippen LogP contribution >= 0.6 is 0 Å². The Morgan fingerprint density at radius 1 is 1.04 bits per heavy atom. The number of nitrogens with zero attached hydrogens (tertiary/aromatic N) is 5. The minimum Gasteiger partial charge on any atom is -0.384 e. The zero-order valence-electron chi connectivity index (χ0n) is 16.8. The molecule has 0 saturated carbocycles. The summed E-state index contributed by atoms with van der Waals surface area (Å²) in [5.41, 5.74) is 8.24. The fourth-order valence-corrected chi connectivity index (χ4v) is 2.96. The molecule has 6 heteroatoms. The van der Waals surface area contributed by atoms with Crippen LogP contribution in [0.3, 0.4) is 0 Å². The number of allylic oxidation sites excluding steroid dienone is 1. The van der Waals surface area contributed by atoms with E-state index in [0.29, 0.717) is 17.5 Å². The molecule has 0 radical (unpaired) electrons. The van der Waals surface area contributed by atoms with Crippen molar-refractivity contribution in [3.8, 4) is 0 Å². The maximum Gasteiger partial charge on any atom is 0.160 e. The fraction of sp³-hybridized carbons (Fsp3) is 0.318. The summed E-state index contributed by atoms with van der Waals surface area (Å²) in [6.45, 7) is 7.87. The van der Waals surface area contributed by atoms with Crippen molar-refractivity contribution >= 4 is 29.6 Å². The Bertz CT molecular complexity index is 873. The largest absolute Gasteiger partial charge is 0.384 e. The maximum absolute atomic E-state index is 6.04. The van der Waals surface area contributed by atoms with Crippen LogP contribution in [0.2, 0.25) is 0 Å². The van der Waals surface area contributed by atoms with Crippen LogP contribution in [0.4, 0.5) is 11.6 Å². The van der Waals surface area contributed by atoms with E-state index in [2.05, 4.69) is 26.8 Å². The molecule has 0 amide bonds. The summed E-state index contributed by atoms with van der Waals surface area (Å²) in [6.07, 6.45) is 5.78. The van der Waals surface area contributed by atoms with Crippen LogP contribution in [0, 0.1) is 0 Å². The lowest BCUT2D eigenvalue weighted by Gasteiger charge is -2.33. The Kier molecular flexibility index (Phi) is 6.55. The molecule has 1 aromatic heterocycles. The molecule has 1 saturated heterocycles. The van der Waals surface area contributed by atoms with Gasteiger partial charge in [-0.25, -0.2) is 15.0 Å². The van der Waals surface area contributed by atoms with E-state index >= 15 is 0 Å². The van der Waals surface area contributed by atoms with E-state index in [4.69, 9.17) is 10.7 Å². The smallest absolute Gasteiger partial charge is 0.160 e. The molecule has 146 valence electrons. The van der Waals surface area contributed by atoms with Crippen LogP contribution in [0.5, 0.6) is 0 Å². The van der Waals surface area contributed by atoms with Crippen molar-refractivity contribution in [2.24, 2.45) is 10.7 Å². The van der Waals surface area contributed by atoms with Crippen LogP contribution in [0.15, 0.2) is 53.0 Å². The van der Waals surface area contributed by atoms with Crippen molar-refractivity contribution in [3.05, 3.63) is 59.4 Å². The highest BCUT2D eigenvalue weighted by molar-refractivity contribution is 5.93. The van der Waals surface area contributed by atoms with E-state index in [0.717, 1.165) is 43.1 Å². The lowest BCUT2D eigenvalue weighted by atomic mass is 10.2. The van der Waals surface area contributed by atoms with Crippen LogP contribution < -0.4 is 10.6 Å². The average molecular weight is 377 g/mol. The quantitative estimate of drug-likeness (QED) is 0.640. The fourth-order valence-electron chi connectivity index (χ4n) is 2.96. The normalized spacial score (nSPS) is 15.8. The van der Waals surface area contributed by atoms with Crippen LogP contribution in [-0.2, 0) is 0 Å². The predicted octanol–water partition coefficient (Wildman–Crippen LogP) is 3.35. The molecule has 6 nitrogen and oxygen atoms in total. The number of anilines is 1. The van der Waals surface area contributed by atoms with Gasteiger partial charge in [0.15, 0.2) is 11.6 Å². The third-order valence-electron chi connectivity index (χ3n) is 4.45. The molecule has 1 fully saturated rings. The zero-order valence-corrected chi connectivity index (χ0v) is 16.8. The number of rotatable bonds is 5. The number of amidine groups is 1. The summed E-state index contributed by atoms with van der Waals surface area (Å²) in [5.74, 6) is 2.54. The number of aliphatic imine (C=N–C) groups is 1. The molecule has 0 atom stereocenters. The van der Waals surface area contributed by atoms with E-state index in [-0.39, 0.29) is 0 Å². The maximum atomic E-state index is 6.04. The van der Waals surface area contributed by atoms with E-state index in [9.17, 15) is 0 Å². The molecular weight excluding hydrogens is 348 g/mol. The third kappa shape index (κ3) is 5.76. The molecule has 3 rings (SSSR count). The van der Waals surface area contributed by atoms with E-state index in [1.54, 1.807) is 0 Å². The van der Waals surface area contributed by atoms with Gasteiger partial charge in [0.25, 0.3) is 0 Å². The van der Waals surface area contributed by atoms with Gasteiger partial charge < -0.3 is 15.5 Å². The summed E-state index contributed by atoms with van der Waals surface area (Å²) in [4.78, 5) is 18.4. The van der Waals surface area contributed by atoms with Crippen molar-refractivity contribution in [3.63, 3.8) is 0 Å². The number of piperazine rings is 1. The Balaban J connectivity index is 1.93. The van der Waals surface area contributed by atoms with Gasteiger partial charge in [0.2, 0.25) is 0 Å². The topological polar surface area (TPSA) is 70.6 Å². The van der Waals surface area contributed by atoms with Gasteiger partial charge in [-0.3, -0.25) is 0 Å². The molecule has 1 aliphatic rings. The molecule has 1 aromatic carbocycles. The predicted molar refractivity (Wildman–Crippen MR) is 118 cm³/mol. The average Bonchev–Trinajstić information content (AvgIpc) is 2.67. The highest BCUT2D eigenvalue weighted by Crippen LogP contribution is 2.21. The second kappa shape index (κ2) is 9.28. The summed E-state index contributed by atoms with van der Waals surface area (Å²) < 4.78 is 0. The molecule has 2 aromatic rings. The lowest BCUT2D eigenvalue weighted by Crippen LogP contribution is -2.44. The molecule has 0 unspecified atom stereocenters. The van der Waals surface area contributed by atoms with Crippen molar-refractivity contribution in [1.29, 1.82) is 0 Å². The van der Waals surface area contributed by atoms with E-state index in [1.165, 1.54) is 0 Å². The number of aromatic nitrogens is 2. The molecule has 2 N–H and O–H groups in total. The number of hydrogen-bond donors (Lipinski definition) is 1. The Morgan fingerprint density at radius 2 is 1.75 bits per heavy atom. The highest BCUT2D eigenvalue weighted by Gasteiger charge is 2.16. The minimum atomic E-state index is 0.445. The molecular formula is C22H28N6. The summed E-state index contributed by atoms with van der Waals surface area (Å²) in [5, 5.41) is 0. The Hall–Kier alpha value is -2.99. The number of likely N-dealkylation sites (N-methyl/N-ethyl adjacent to an activating group) is 1. The van der Waals surface area contributed by atoms with Gasteiger partial charge in [-0.1, -0.05) is 42.0 Å². The molecule has 0 bridgehead atoms. The molecule has 1 aliphatic heterocycles. The van der Waals surface area contributed by atoms with Gasteiger partial charge >= 0.3 is 0 Å². The molecule has 28 heavy (non-hydrogen) atoms. The first kappa shape index (κ1) is 19.8. The molecule has 0 aliphatic carbocycles. The van der Waals surface area contributed by atoms with Gasteiger partial charge in [0.1, 0.15) is 11.7 Å². The minimum absolute atomic E-state index is 0.445. The first-order chi connectivity index (χ1) is 13.5. The van der Waals surface area contributed by atoms with Gasteiger partial charge in [0, 0.05) is 32.2 Å². The zero-order chi connectivity index (χ0) is 19.9. The lowest BCUT2D eigenvalue weighted by molar-refractivity contribution is 0.312. The highest BCUT2D eigenvalue weighted by atomic mass is 15.3. The van der Waals surface area contributed by atoms with Gasteiger partial charge in [0.05, 0.1) is 0 Å². The third-order valence-corrected chi connectivity index (χ3v) is 4.45. The monoisotopic (exact) mass is 376 g/mol. The van der Waals surface area contributed by atoms with Crippen LogP contribution in [-0.4, -0.2) is 53.9 Å². The van der Waals surface area contributed by atoms with Crippen molar-refractivity contribution in [1.82, 2.24) is 14.9 Å². The second-order valence-corrected chi connectivity index (χ2v) is 7.24. The van der Waals surface area contributed by atoms with Crippen molar-refractivity contribution in [2.75, 3.05) is 38.1 Å². The van der Waals surface area contributed by atoms with E-state index < -0.39 is 0 Å². The van der Waals surface area contributed by atoms with Crippen molar-refractivity contribution < 1.29 is 0 Å². The van der Waals surface area contributed by atoms with Gasteiger partial charge in [-0.05, 0) is 38.6 Å². The summed E-state index contributed by atoms with van der Waals surface area (Å²) in [6, 6.07) is 12.0. The van der Waals surface area contributed by atoms with Gasteiger partial charge in [-0.15, -0.1) is 0 Å². The first-order valence-corrected chi connectivity index (χ1v) is 9.54. The molecule has 2 heterocycles. The summed E-state index contributed by atoms with van der Waals surface area (Å²) in [7, 11) is 2.14. The van der Waals surface area contributed by atoms with E-state index in [1.807, 2.05) is 68.5 Å². The van der Waals surface area contributed by atoms with Crippen molar-refractivity contribution in [2.45, 2.75) is 13.8 Å². The number of nitrogens with two attached hydrogens (primary N) is 1. The molecule has 0 spiro atoms. The van der Waals surface area contributed by atoms with Gasteiger partial charge in [-0.2, -0.15) is 0 Å². The SMILES string of the molecule is CC(C)=CC(N)=Nc1cc(N2CCN(C)CC2)nc(/C=C/c2ccccc2)n1. The number of benzene rings is 1. The second-order valence-electron chi connectivity index (χ2n) is 7.24. The van der Waals surface area contributed by atoms with Crippen LogP contribution in [0.25, 0.3) is 12.2 Å². The standard InChI is InChI=1S/C22H28N6/c1-17(2)15-19(23)24-21-16-22(28-13-11-27(3)12-14-28)26-20(25-21)10-9-18-7-5-4-6-8-18/h4-10,15-16H,11-14H2,1-3H3,(H2,23,24,25,26)/b10-9+. The Labute approximate surface area is 167 Å².